The molecule has 3 aromatic rings. The molecule has 29 heavy (non-hydrogen) atoms. The van der Waals surface area contributed by atoms with Crippen molar-refractivity contribution in [2.24, 2.45) is 0 Å². The van der Waals surface area contributed by atoms with Crippen molar-refractivity contribution in [3.05, 3.63) is 82.3 Å². The molecule has 0 atom stereocenters. The minimum Gasteiger partial charge on any atom is -0.497 e. The Kier molecular flexibility index (Phi) is 6.34. The second kappa shape index (κ2) is 9.10. The van der Waals surface area contributed by atoms with Crippen LogP contribution in [0.25, 0.3) is 11.1 Å². The molecule has 2 aromatic carbocycles. The predicted molar refractivity (Wildman–Crippen MR) is 113 cm³/mol. The molecule has 0 saturated carbocycles. The summed E-state index contributed by atoms with van der Waals surface area (Å²) in [5.41, 5.74) is 3.21. The van der Waals surface area contributed by atoms with Crippen molar-refractivity contribution in [3.8, 4) is 22.6 Å². The van der Waals surface area contributed by atoms with Crippen LogP contribution in [0.5, 0.6) is 11.5 Å². The van der Waals surface area contributed by atoms with Crippen LogP contribution < -0.4 is 20.3 Å². The molecule has 0 fully saturated rings. The third kappa shape index (κ3) is 4.85. The number of hydrogen-bond acceptors (Lipinski definition) is 4. The molecule has 1 amide bonds. The van der Waals surface area contributed by atoms with E-state index in [1.807, 2.05) is 43.3 Å². The van der Waals surface area contributed by atoms with Crippen molar-refractivity contribution in [1.82, 2.24) is 9.88 Å². The molecule has 0 aliphatic heterocycles. The number of carbonyl (C=O) groups is 1. The van der Waals surface area contributed by atoms with E-state index in [2.05, 4.69) is 5.32 Å². The lowest BCUT2D eigenvalue weighted by molar-refractivity contribution is 0.0952. The Balaban J connectivity index is 1.62. The van der Waals surface area contributed by atoms with Crippen LogP contribution in [-0.2, 0) is 6.54 Å². The van der Waals surface area contributed by atoms with E-state index in [1.165, 1.54) is 13.2 Å². The van der Waals surface area contributed by atoms with Gasteiger partial charge in [-0.15, -0.1) is 0 Å². The van der Waals surface area contributed by atoms with Crippen LogP contribution in [-0.4, -0.2) is 31.2 Å². The minimum atomic E-state index is -0.179. The number of rotatable bonds is 7. The first kappa shape index (κ1) is 20.2. The summed E-state index contributed by atoms with van der Waals surface area (Å²) in [6.07, 6.45) is 0. The first-order valence-electron chi connectivity index (χ1n) is 9.30. The van der Waals surface area contributed by atoms with Gasteiger partial charge in [-0.25, -0.2) is 0 Å². The molecule has 0 radical (unpaired) electrons. The number of aryl methyl sites for hydroxylation is 1. The summed E-state index contributed by atoms with van der Waals surface area (Å²) in [5.74, 6) is 1.14. The van der Waals surface area contributed by atoms with Crippen molar-refractivity contribution in [2.75, 3.05) is 20.8 Å². The number of methoxy groups -OCH3 is 2. The lowest BCUT2D eigenvalue weighted by Gasteiger charge is -2.12. The highest BCUT2D eigenvalue weighted by Crippen LogP contribution is 2.24. The highest BCUT2D eigenvalue weighted by Gasteiger charge is 2.08. The number of ether oxygens (including phenoxy) is 2. The number of nitrogens with one attached hydrogen (secondary N) is 1. The van der Waals surface area contributed by atoms with Gasteiger partial charge in [0.05, 0.1) is 14.2 Å². The van der Waals surface area contributed by atoms with E-state index in [9.17, 15) is 9.59 Å². The molecular formula is C23H24N2O4. The van der Waals surface area contributed by atoms with E-state index in [4.69, 9.17) is 9.47 Å². The largest absolute Gasteiger partial charge is 0.497 e. The molecule has 150 valence electrons. The van der Waals surface area contributed by atoms with Crippen LogP contribution in [0.2, 0.25) is 0 Å². The summed E-state index contributed by atoms with van der Waals surface area (Å²) in [4.78, 5) is 24.6. The molecule has 0 aliphatic carbocycles. The van der Waals surface area contributed by atoms with Crippen molar-refractivity contribution >= 4 is 5.91 Å². The molecule has 1 heterocycles. The van der Waals surface area contributed by atoms with Gasteiger partial charge in [0.25, 0.3) is 11.5 Å². The Labute approximate surface area is 169 Å². The zero-order chi connectivity index (χ0) is 20.8. The highest BCUT2D eigenvalue weighted by atomic mass is 16.5. The van der Waals surface area contributed by atoms with Gasteiger partial charge in [0.1, 0.15) is 11.5 Å². The van der Waals surface area contributed by atoms with E-state index in [0.29, 0.717) is 24.4 Å². The molecule has 6 nitrogen and oxygen atoms in total. The lowest BCUT2D eigenvalue weighted by atomic mass is 10.0. The van der Waals surface area contributed by atoms with Crippen molar-refractivity contribution < 1.29 is 14.3 Å². The molecule has 0 aliphatic rings. The number of carbonyl (C=O) groups excluding carboxylic acids is 1. The van der Waals surface area contributed by atoms with Gasteiger partial charge in [-0.2, -0.15) is 0 Å². The maximum Gasteiger partial charge on any atom is 0.254 e. The van der Waals surface area contributed by atoms with Gasteiger partial charge >= 0.3 is 0 Å². The van der Waals surface area contributed by atoms with Crippen LogP contribution in [0.15, 0.2) is 65.5 Å². The molecule has 3 rings (SSSR count). The maximum atomic E-state index is 12.4. The van der Waals surface area contributed by atoms with E-state index >= 15 is 0 Å². The van der Waals surface area contributed by atoms with Gasteiger partial charge in [0, 0.05) is 30.4 Å². The van der Waals surface area contributed by atoms with E-state index < -0.39 is 0 Å². The zero-order valence-electron chi connectivity index (χ0n) is 16.8. The minimum absolute atomic E-state index is 0.154. The molecule has 0 spiro atoms. The van der Waals surface area contributed by atoms with Crippen molar-refractivity contribution in [2.45, 2.75) is 13.5 Å². The third-order valence-electron chi connectivity index (χ3n) is 4.72. The molecule has 6 heteroatoms. The quantitative estimate of drug-likeness (QED) is 0.670. The number of amides is 1. The van der Waals surface area contributed by atoms with E-state index in [1.54, 1.807) is 29.9 Å². The Morgan fingerprint density at radius 3 is 2.31 bits per heavy atom. The van der Waals surface area contributed by atoms with Gasteiger partial charge in [-0.1, -0.05) is 24.3 Å². The van der Waals surface area contributed by atoms with Gasteiger partial charge in [0.15, 0.2) is 0 Å². The monoisotopic (exact) mass is 392 g/mol. The normalized spacial score (nSPS) is 10.4. The van der Waals surface area contributed by atoms with E-state index in [-0.39, 0.29) is 11.5 Å². The number of nitrogens with zero attached hydrogens (tertiary/aromatic N) is 1. The molecule has 0 bridgehead atoms. The number of aromatic nitrogens is 1. The lowest BCUT2D eigenvalue weighted by Crippen LogP contribution is -2.31. The van der Waals surface area contributed by atoms with Crippen LogP contribution in [0.1, 0.15) is 16.1 Å². The Morgan fingerprint density at radius 2 is 1.66 bits per heavy atom. The fourth-order valence-electron chi connectivity index (χ4n) is 3.10. The third-order valence-corrected chi connectivity index (χ3v) is 4.72. The standard InChI is InChI=1S/C23H24N2O4/c1-16-13-21(29-3)15-22(26)25(16)12-11-24-23(27)18-9-7-17(8-10-18)19-5-4-6-20(14-19)28-2/h4-10,13-15H,11-12H2,1-3H3,(H,24,27). The number of benzene rings is 2. The SMILES string of the molecule is COc1cccc(-c2ccc(C(=O)NCCn3c(C)cc(OC)cc3=O)cc2)c1. The predicted octanol–water partition coefficient (Wildman–Crippen LogP) is 3.27. The van der Waals surface area contributed by atoms with E-state index in [0.717, 1.165) is 22.6 Å². The fraction of sp³-hybridized carbons (Fsp3) is 0.217. The van der Waals surface area contributed by atoms with Gasteiger partial charge in [-0.05, 0) is 48.4 Å². The number of hydrogen-bond donors (Lipinski definition) is 1. The topological polar surface area (TPSA) is 69.6 Å². The van der Waals surface area contributed by atoms with Crippen LogP contribution in [0.4, 0.5) is 0 Å². The van der Waals surface area contributed by atoms with Crippen molar-refractivity contribution in [1.29, 1.82) is 0 Å². The second-order valence-electron chi connectivity index (χ2n) is 6.59. The molecule has 1 aromatic heterocycles. The first-order valence-corrected chi connectivity index (χ1v) is 9.30. The summed E-state index contributed by atoms with van der Waals surface area (Å²) in [6.45, 7) is 2.58. The summed E-state index contributed by atoms with van der Waals surface area (Å²) in [7, 11) is 3.16. The average Bonchev–Trinajstić information content (AvgIpc) is 2.75. The Bertz CT molecular complexity index is 1060. The average molecular weight is 392 g/mol. The smallest absolute Gasteiger partial charge is 0.254 e. The molecular weight excluding hydrogens is 368 g/mol. The van der Waals surface area contributed by atoms with Gasteiger partial charge < -0.3 is 19.4 Å². The summed E-state index contributed by atoms with van der Waals surface area (Å²) >= 11 is 0. The van der Waals surface area contributed by atoms with Gasteiger partial charge in [-0.3, -0.25) is 9.59 Å². The van der Waals surface area contributed by atoms with Crippen LogP contribution >= 0.6 is 0 Å². The molecule has 0 saturated heterocycles. The Hall–Kier alpha value is -3.54. The van der Waals surface area contributed by atoms with Gasteiger partial charge in [0.2, 0.25) is 0 Å². The Morgan fingerprint density at radius 1 is 0.931 bits per heavy atom. The first-order chi connectivity index (χ1) is 14.0. The summed E-state index contributed by atoms with van der Waals surface area (Å²) in [5, 5.41) is 2.86. The van der Waals surface area contributed by atoms with Crippen molar-refractivity contribution in [3.63, 3.8) is 0 Å². The fourth-order valence-corrected chi connectivity index (χ4v) is 3.10. The highest BCUT2D eigenvalue weighted by molar-refractivity contribution is 5.94. The molecule has 0 unspecified atom stereocenters. The summed E-state index contributed by atoms with van der Waals surface area (Å²) in [6, 6.07) is 18.4. The summed E-state index contributed by atoms with van der Waals surface area (Å²) < 4.78 is 12.0. The van der Waals surface area contributed by atoms with Crippen LogP contribution in [0, 0.1) is 6.92 Å². The second-order valence-corrected chi connectivity index (χ2v) is 6.59. The zero-order valence-corrected chi connectivity index (χ0v) is 16.8. The van der Waals surface area contributed by atoms with Crippen LogP contribution in [0.3, 0.4) is 0 Å². The maximum absolute atomic E-state index is 12.4. The molecule has 1 N–H and O–H groups in total. The number of pyridine rings is 1.